The van der Waals surface area contributed by atoms with E-state index in [-0.39, 0.29) is 5.91 Å². The maximum Gasteiger partial charge on any atom is 0.220 e. The van der Waals surface area contributed by atoms with Crippen molar-refractivity contribution in [3.05, 3.63) is 66.1 Å². The van der Waals surface area contributed by atoms with Crippen molar-refractivity contribution in [1.82, 2.24) is 20.1 Å². The third-order valence-electron chi connectivity index (χ3n) is 4.20. The largest absolute Gasteiger partial charge is 0.352 e. The molecule has 0 fully saturated rings. The van der Waals surface area contributed by atoms with E-state index < -0.39 is 0 Å². The summed E-state index contributed by atoms with van der Waals surface area (Å²) in [7, 11) is 1.90. The molecule has 0 aliphatic heterocycles. The van der Waals surface area contributed by atoms with Crippen LogP contribution in [-0.2, 0) is 24.8 Å². The van der Waals surface area contributed by atoms with Gasteiger partial charge in [-0.3, -0.25) is 14.5 Å². The Hall–Kier alpha value is -2.60. The summed E-state index contributed by atoms with van der Waals surface area (Å²) in [6.45, 7) is 0.475. The van der Waals surface area contributed by atoms with Crippen LogP contribution in [0.15, 0.2) is 59.9 Å². The van der Waals surface area contributed by atoms with Crippen molar-refractivity contribution in [1.29, 1.82) is 0 Å². The van der Waals surface area contributed by atoms with E-state index in [1.165, 1.54) is 10.5 Å². The molecule has 0 aliphatic carbocycles. The van der Waals surface area contributed by atoms with Gasteiger partial charge in [-0.1, -0.05) is 12.1 Å². The van der Waals surface area contributed by atoms with Crippen LogP contribution in [0.5, 0.6) is 0 Å². The predicted octanol–water partition coefficient (Wildman–Crippen LogP) is 3.45. The average molecular weight is 366 g/mol. The van der Waals surface area contributed by atoms with Crippen molar-refractivity contribution in [3.63, 3.8) is 0 Å². The summed E-state index contributed by atoms with van der Waals surface area (Å²) in [6, 6.07) is 12.3. The fourth-order valence-electron chi connectivity index (χ4n) is 2.72. The van der Waals surface area contributed by atoms with Gasteiger partial charge in [0.1, 0.15) is 0 Å². The van der Waals surface area contributed by atoms with Gasteiger partial charge < -0.3 is 5.32 Å². The number of hydrogen-bond acceptors (Lipinski definition) is 4. The Morgan fingerprint density at radius 3 is 2.65 bits per heavy atom. The minimum atomic E-state index is 0.0462. The molecular weight excluding hydrogens is 344 g/mol. The number of benzene rings is 1. The lowest BCUT2D eigenvalue weighted by molar-refractivity contribution is -0.121. The van der Waals surface area contributed by atoms with E-state index in [4.69, 9.17) is 0 Å². The van der Waals surface area contributed by atoms with Crippen molar-refractivity contribution in [2.24, 2.45) is 7.05 Å². The monoisotopic (exact) mass is 366 g/mol. The topological polar surface area (TPSA) is 59.8 Å². The van der Waals surface area contributed by atoms with Crippen LogP contribution in [0, 0.1) is 0 Å². The minimum Gasteiger partial charge on any atom is -0.352 e. The standard InChI is InChI=1S/C20H22N4OS/c1-24-19(9-10-23-24)17-11-16(12-21-14-17)13-22-20(25)8-5-15-3-6-18(26-2)7-4-15/h3-4,6-7,9-12,14H,5,8,13H2,1-2H3,(H,22,25). The Balaban J connectivity index is 1.52. The van der Waals surface area contributed by atoms with Crippen LogP contribution in [-0.4, -0.2) is 26.9 Å². The van der Waals surface area contributed by atoms with Crippen molar-refractivity contribution in [2.75, 3.05) is 6.26 Å². The van der Waals surface area contributed by atoms with Crippen LogP contribution in [0.3, 0.4) is 0 Å². The smallest absolute Gasteiger partial charge is 0.220 e. The van der Waals surface area contributed by atoms with Crippen molar-refractivity contribution in [2.45, 2.75) is 24.3 Å². The molecule has 0 unspecified atom stereocenters. The zero-order valence-corrected chi connectivity index (χ0v) is 15.8. The number of hydrogen-bond donors (Lipinski definition) is 1. The molecule has 0 radical (unpaired) electrons. The molecule has 0 saturated carbocycles. The quantitative estimate of drug-likeness (QED) is 0.651. The van der Waals surface area contributed by atoms with E-state index in [9.17, 15) is 4.79 Å². The number of rotatable bonds is 7. The summed E-state index contributed by atoms with van der Waals surface area (Å²) >= 11 is 1.72. The van der Waals surface area contributed by atoms with Crippen LogP contribution >= 0.6 is 11.8 Å². The molecule has 2 aromatic heterocycles. The Labute approximate surface area is 157 Å². The number of carbonyl (C=O) groups excluding carboxylic acids is 1. The number of nitrogens with one attached hydrogen (secondary N) is 1. The first kappa shape index (κ1) is 18.2. The molecule has 0 aliphatic rings. The molecule has 1 aromatic carbocycles. The van der Waals surface area contributed by atoms with E-state index in [0.717, 1.165) is 23.2 Å². The molecule has 0 saturated heterocycles. The molecule has 3 aromatic rings. The number of carbonyl (C=O) groups is 1. The lowest BCUT2D eigenvalue weighted by atomic mass is 10.1. The maximum atomic E-state index is 12.1. The van der Waals surface area contributed by atoms with Gasteiger partial charge in [0.05, 0.1) is 5.69 Å². The number of amides is 1. The number of nitrogens with zero attached hydrogens (tertiary/aromatic N) is 3. The average Bonchev–Trinajstić information content (AvgIpc) is 3.11. The zero-order chi connectivity index (χ0) is 18.4. The molecule has 26 heavy (non-hydrogen) atoms. The molecule has 0 atom stereocenters. The summed E-state index contributed by atoms with van der Waals surface area (Å²) in [5.41, 5.74) is 4.14. The van der Waals surface area contributed by atoms with Crippen molar-refractivity contribution < 1.29 is 4.79 Å². The zero-order valence-electron chi connectivity index (χ0n) is 15.0. The Bertz CT molecular complexity index is 874. The SMILES string of the molecule is CSc1ccc(CCC(=O)NCc2cncc(-c3ccnn3C)c2)cc1. The summed E-state index contributed by atoms with van der Waals surface area (Å²) in [5, 5.41) is 7.15. The first-order valence-electron chi connectivity index (χ1n) is 8.47. The maximum absolute atomic E-state index is 12.1. The van der Waals surface area contributed by atoms with Crippen LogP contribution in [0.25, 0.3) is 11.3 Å². The first-order valence-corrected chi connectivity index (χ1v) is 9.70. The summed E-state index contributed by atoms with van der Waals surface area (Å²) in [6.07, 6.45) is 8.62. The van der Waals surface area contributed by atoms with Crippen LogP contribution < -0.4 is 5.32 Å². The molecule has 0 bridgehead atoms. The van der Waals surface area contributed by atoms with Gasteiger partial charge in [-0.15, -0.1) is 11.8 Å². The van der Waals surface area contributed by atoms with E-state index in [0.29, 0.717) is 13.0 Å². The molecule has 5 nitrogen and oxygen atoms in total. The number of aryl methyl sites for hydroxylation is 2. The fraction of sp³-hybridized carbons (Fsp3) is 0.250. The lowest BCUT2D eigenvalue weighted by Gasteiger charge is -2.08. The van der Waals surface area contributed by atoms with Crippen molar-refractivity contribution in [3.8, 4) is 11.3 Å². The number of aromatic nitrogens is 3. The summed E-state index contributed by atoms with van der Waals surface area (Å²) < 4.78 is 1.81. The highest BCUT2D eigenvalue weighted by atomic mass is 32.2. The highest BCUT2D eigenvalue weighted by Gasteiger charge is 2.06. The van der Waals surface area contributed by atoms with Gasteiger partial charge >= 0.3 is 0 Å². The second kappa shape index (κ2) is 8.67. The summed E-state index contributed by atoms with van der Waals surface area (Å²) in [5.74, 6) is 0.0462. The molecule has 1 N–H and O–H groups in total. The van der Waals surface area contributed by atoms with E-state index in [2.05, 4.69) is 45.9 Å². The first-order chi connectivity index (χ1) is 12.7. The van der Waals surface area contributed by atoms with Gasteiger partial charge in [-0.2, -0.15) is 5.10 Å². The molecule has 134 valence electrons. The second-order valence-corrected chi connectivity index (χ2v) is 6.93. The molecule has 0 spiro atoms. The van der Waals surface area contributed by atoms with Crippen LogP contribution in [0.1, 0.15) is 17.5 Å². The third kappa shape index (κ3) is 4.73. The normalized spacial score (nSPS) is 10.7. The second-order valence-electron chi connectivity index (χ2n) is 6.05. The minimum absolute atomic E-state index is 0.0462. The van der Waals surface area contributed by atoms with Gasteiger partial charge in [-0.25, -0.2) is 0 Å². The molecular formula is C20H22N4OS. The van der Waals surface area contributed by atoms with Gasteiger partial charge in [0.15, 0.2) is 0 Å². The Morgan fingerprint density at radius 2 is 1.96 bits per heavy atom. The Morgan fingerprint density at radius 1 is 1.15 bits per heavy atom. The molecule has 3 rings (SSSR count). The lowest BCUT2D eigenvalue weighted by Crippen LogP contribution is -2.23. The van der Waals surface area contributed by atoms with E-state index in [1.54, 1.807) is 30.4 Å². The van der Waals surface area contributed by atoms with Gasteiger partial charge in [0, 0.05) is 49.1 Å². The fourth-order valence-corrected chi connectivity index (χ4v) is 3.13. The number of thioether (sulfide) groups is 1. The van der Waals surface area contributed by atoms with Crippen LogP contribution in [0.2, 0.25) is 0 Å². The summed E-state index contributed by atoms with van der Waals surface area (Å²) in [4.78, 5) is 17.6. The predicted molar refractivity (Wildman–Crippen MR) is 105 cm³/mol. The highest BCUT2D eigenvalue weighted by molar-refractivity contribution is 7.98. The van der Waals surface area contributed by atoms with E-state index >= 15 is 0 Å². The number of pyridine rings is 1. The molecule has 1 amide bonds. The van der Waals surface area contributed by atoms with Crippen molar-refractivity contribution >= 4 is 17.7 Å². The highest BCUT2D eigenvalue weighted by Crippen LogP contribution is 2.18. The third-order valence-corrected chi connectivity index (χ3v) is 4.94. The van der Waals surface area contributed by atoms with Crippen LogP contribution in [0.4, 0.5) is 0 Å². The van der Waals surface area contributed by atoms with E-state index in [1.807, 2.05) is 23.9 Å². The van der Waals surface area contributed by atoms with Gasteiger partial charge in [-0.05, 0) is 48.1 Å². The van der Waals surface area contributed by atoms with Gasteiger partial charge in [0.25, 0.3) is 0 Å². The molecule has 6 heteroatoms. The van der Waals surface area contributed by atoms with Gasteiger partial charge in [0.2, 0.25) is 5.91 Å². The molecule has 2 heterocycles. The Kier molecular flexibility index (Phi) is 6.07.